The van der Waals surface area contributed by atoms with Gasteiger partial charge in [-0.15, -0.1) is 24.0 Å². The molecule has 0 bridgehead atoms. The number of pyridine rings is 1. The summed E-state index contributed by atoms with van der Waals surface area (Å²) in [6, 6.07) is 12.2. The molecule has 1 saturated heterocycles. The number of ether oxygens (including phenoxy) is 2. The molecular weight excluding hydrogens is 469 g/mol. The highest BCUT2D eigenvalue weighted by Crippen LogP contribution is 2.30. The molecule has 0 spiro atoms. The van der Waals surface area contributed by atoms with E-state index in [1.807, 2.05) is 36.4 Å². The predicted molar refractivity (Wildman–Crippen MR) is 123 cm³/mol. The molecule has 2 aromatic rings. The van der Waals surface area contributed by atoms with Crippen LogP contribution < -0.4 is 25.0 Å². The Labute approximate surface area is 183 Å². The number of anilines is 1. The van der Waals surface area contributed by atoms with Crippen molar-refractivity contribution in [2.75, 3.05) is 39.3 Å². The summed E-state index contributed by atoms with van der Waals surface area (Å²) in [5.41, 5.74) is 2.09. The molecule has 1 aromatic carbocycles. The van der Waals surface area contributed by atoms with Gasteiger partial charge in [-0.2, -0.15) is 0 Å². The number of rotatable bonds is 6. The van der Waals surface area contributed by atoms with Crippen molar-refractivity contribution < 1.29 is 9.47 Å². The molecule has 1 aromatic heterocycles. The molecule has 1 atom stereocenters. The van der Waals surface area contributed by atoms with Crippen LogP contribution in [0.25, 0.3) is 0 Å². The molecule has 2 N–H and O–H groups in total. The van der Waals surface area contributed by atoms with Crippen molar-refractivity contribution in [3.63, 3.8) is 0 Å². The van der Waals surface area contributed by atoms with Gasteiger partial charge in [-0.1, -0.05) is 6.07 Å². The Morgan fingerprint density at radius 2 is 1.96 bits per heavy atom. The van der Waals surface area contributed by atoms with Gasteiger partial charge in [0.2, 0.25) is 0 Å². The molecular formula is C20H28IN5O2. The highest BCUT2D eigenvalue weighted by atomic mass is 127. The fourth-order valence-electron chi connectivity index (χ4n) is 3.15. The molecule has 8 heteroatoms. The summed E-state index contributed by atoms with van der Waals surface area (Å²) in [6.07, 6.45) is 2.83. The lowest BCUT2D eigenvalue weighted by Crippen LogP contribution is -2.44. The summed E-state index contributed by atoms with van der Waals surface area (Å²) in [6.45, 7) is 2.50. The normalized spacial score (nSPS) is 16.3. The second-order valence-electron chi connectivity index (χ2n) is 6.39. The summed E-state index contributed by atoms with van der Waals surface area (Å²) in [4.78, 5) is 11.0. The molecule has 152 valence electrons. The minimum Gasteiger partial charge on any atom is -0.497 e. The van der Waals surface area contributed by atoms with Gasteiger partial charge in [0.25, 0.3) is 0 Å². The fourth-order valence-corrected chi connectivity index (χ4v) is 3.15. The maximum Gasteiger partial charge on any atom is 0.191 e. The van der Waals surface area contributed by atoms with Gasteiger partial charge < -0.3 is 25.0 Å². The number of hydrogen-bond acceptors (Lipinski definition) is 5. The number of nitrogens with zero attached hydrogens (tertiary/aromatic N) is 3. The fraction of sp³-hybridized carbons (Fsp3) is 0.400. The highest BCUT2D eigenvalue weighted by molar-refractivity contribution is 14.0. The third-order valence-electron chi connectivity index (χ3n) is 4.62. The Bertz CT molecular complexity index is 750. The lowest BCUT2D eigenvalue weighted by atomic mass is 10.2. The number of guanidine groups is 1. The first-order valence-corrected chi connectivity index (χ1v) is 9.07. The van der Waals surface area contributed by atoms with Crippen LogP contribution in [0.3, 0.4) is 0 Å². The molecule has 1 fully saturated rings. The second-order valence-corrected chi connectivity index (χ2v) is 6.39. The van der Waals surface area contributed by atoms with Crippen LogP contribution in [0.1, 0.15) is 12.1 Å². The SMILES string of the molecule is CN=C(NCc1ccccn1)NC1CCN(c2cc(OC)cc(OC)c2)C1.I. The van der Waals surface area contributed by atoms with Gasteiger partial charge >= 0.3 is 0 Å². The third kappa shape index (κ3) is 5.88. The molecule has 1 aliphatic heterocycles. The van der Waals surface area contributed by atoms with Crippen molar-refractivity contribution in [2.24, 2.45) is 4.99 Å². The Morgan fingerprint density at radius 3 is 2.57 bits per heavy atom. The molecule has 1 unspecified atom stereocenters. The van der Waals surface area contributed by atoms with Gasteiger partial charge in [-0.25, -0.2) is 0 Å². The number of benzene rings is 1. The van der Waals surface area contributed by atoms with Gasteiger partial charge in [0.1, 0.15) is 11.5 Å². The zero-order chi connectivity index (χ0) is 19.1. The zero-order valence-corrected chi connectivity index (χ0v) is 18.8. The van der Waals surface area contributed by atoms with Gasteiger partial charge in [0.15, 0.2) is 5.96 Å². The number of hydrogen-bond donors (Lipinski definition) is 2. The first-order valence-electron chi connectivity index (χ1n) is 9.07. The summed E-state index contributed by atoms with van der Waals surface area (Å²) < 4.78 is 10.8. The summed E-state index contributed by atoms with van der Waals surface area (Å²) in [7, 11) is 5.13. The molecule has 0 amide bonds. The van der Waals surface area contributed by atoms with E-state index in [1.54, 1.807) is 27.5 Å². The predicted octanol–water partition coefficient (Wildman–Crippen LogP) is 2.66. The molecule has 3 rings (SSSR count). The van der Waals surface area contributed by atoms with Crippen LogP contribution in [-0.4, -0.2) is 51.3 Å². The number of halogens is 1. The Hall–Kier alpha value is -2.23. The Morgan fingerprint density at radius 1 is 1.21 bits per heavy atom. The molecule has 28 heavy (non-hydrogen) atoms. The van der Waals surface area contributed by atoms with Crippen molar-refractivity contribution in [1.29, 1.82) is 0 Å². The molecule has 2 heterocycles. The van der Waals surface area contributed by atoms with Gasteiger partial charge in [0, 0.05) is 56.3 Å². The second kappa shape index (κ2) is 10.9. The van der Waals surface area contributed by atoms with Gasteiger partial charge in [0.05, 0.1) is 26.5 Å². The monoisotopic (exact) mass is 497 g/mol. The lowest BCUT2D eigenvalue weighted by Gasteiger charge is -2.21. The van der Waals surface area contributed by atoms with E-state index < -0.39 is 0 Å². The van der Waals surface area contributed by atoms with Gasteiger partial charge in [-0.05, 0) is 18.6 Å². The van der Waals surface area contributed by atoms with Crippen molar-refractivity contribution in [1.82, 2.24) is 15.6 Å². The van der Waals surface area contributed by atoms with E-state index in [-0.39, 0.29) is 24.0 Å². The minimum absolute atomic E-state index is 0. The van der Waals surface area contributed by atoms with Crippen LogP contribution in [0.4, 0.5) is 5.69 Å². The number of aliphatic imine (C=N–C) groups is 1. The standard InChI is InChI=1S/C20H27N5O2.HI/c1-21-20(23-13-15-6-4-5-8-22-15)24-16-7-9-25(14-16)17-10-18(26-2)12-19(11-17)27-3;/h4-6,8,10-12,16H,7,9,13-14H2,1-3H3,(H2,21,23,24);1H. The summed E-state index contributed by atoms with van der Waals surface area (Å²) in [5, 5.41) is 6.82. The van der Waals surface area contributed by atoms with E-state index >= 15 is 0 Å². The van der Waals surface area contributed by atoms with E-state index in [4.69, 9.17) is 9.47 Å². The first-order chi connectivity index (χ1) is 13.2. The smallest absolute Gasteiger partial charge is 0.191 e. The summed E-state index contributed by atoms with van der Waals surface area (Å²) in [5.74, 6) is 2.39. The zero-order valence-electron chi connectivity index (χ0n) is 16.5. The topological polar surface area (TPSA) is 71.0 Å². The van der Waals surface area contributed by atoms with E-state index in [1.165, 1.54) is 0 Å². The number of methoxy groups -OCH3 is 2. The van der Waals surface area contributed by atoms with Crippen LogP contribution in [0.2, 0.25) is 0 Å². The molecule has 0 aliphatic carbocycles. The number of aromatic nitrogens is 1. The molecule has 0 radical (unpaired) electrons. The van der Waals surface area contributed by atoms with Gasteiger partial charge in [-0.3, -0.25) is 9.98 Å². The van der Waals surface area contributed by atoms with Crippen LogP contribution in [-0.2, 0) is 6.54 Å². The maximum absolute atomic E-state index is 5.38. The molecule has 0 saturated carbocycles. The molecule has 7 nitrogen and oxygen atoms in total. The van der Waals surface area contributed by atoms with Crippen LogP contribution >= 0.6 is 24.0 Å². The van der Waals surface area contributed by atoms with Crippen LogP contribution in [0.5, 0.6) is 11.5 Å². The average molecular weight is 497 g/mol. The first kappa shape index (κ1) is 22.1. The minimum atomic E-state index is 0. The van der Waals surface area contributed by atoms with Crippen molar-refractivity contribution in [2.45, 2.75) is 19.0 Å². The van der Waals surface area contributed by atoms with E-state index in [2.05, 4.69) is 25.5 Å². The summed E-state index contributed by atoms with van der Waals surface area (Å²) >= 11 is 0. The van der Waals surface area contributed by atoms with Crippen molar-refractivity contribution >= 4 is 35.6 Å². The van der Waals surface area contributed by atoms with E-state index in [0.29, 0.717) is 12.6 Å². The quantitative estimate of drug-likeness (QED) is 0.364. The highest BCUT2D eigenvalue weighted by Gasteiger charge is 2.24. The van der Waals surface area contributed by atoms with E-state index in [9.17, 15) is 0 Å². The largest absolute Gasteiger partial charge is 0.497 e. The Balaban J connectivity index is 0.00000280. The average Bonchev–Trinajstić information content (AvgIpc) is 3.20. The van der Waals surface area contributed by atoms with Crippen molar-refractivity contribution in [3.05, 3.63) is 48.3 Å². The molecule has 1 aliphatic rings. The van der Waals surface area contributed by atoms with Crippen molar-refractivity contribution in [3.8, 4) is 11.5 Å². The maximum atomic E-state index is 5.38. The van der Waals surface area contributed by atoms with Crippen LogP contribution in [0, 0.1) is 0 Å². The third-order valence-corrected chi connectivity index (χ3v) is 4.62. The lowest BCUT2D eigenvalue weighted by molar-refractivity contribution is 0.394. The van der Waals surface area contributed by atoms with Crippen LogP contribution in [0.15, 0.2) is 47.6 Å². The number of nitrogens with one attached hydrogen (secondary N) is 2. The van der Waals surface area contributed by atoms with E-state index in [0.717, 1.165) is 48.4 Å². The Kier molecular flexibility index (Phi) is 8.62.